The van der Waals surface area contributed by atoms with Crippen LogP contribution in [0.1, 0.15) is 6.92 Å². The van der Waals surface area contributed by atoms with E-state index in [1.807, 2.05) is 19.1 Å². The molecule has 1 aromatic carbocycles. The summed E-state index contributed by atoms with van der Waals surface area (Å²) in [6.45, 7) is 2.85. The predicted molar refractivity (Wildman–Crippen MR) is 85.9 cm³/mol. The van der Waals surface area contributed by atoms with Gasteiger partial charge in [-0.3, -0.25) is 0 Å². The van der Waals surface area contributed by atoms with E-state index in [1.54, 1.807) is 19.4 Å². The molecule has 0 atom stereocenters. The van der Waals surface area contributed by atoms with E-state index >= 15 is 0 Å². The Morgan fingerprint density at radius 2 is 2.21 bits per heavy atom. The Kier molecular flexibility index (Phi) is 4.81. The van der Waals surface area contributed by atoms with Gasteiger partial charge >= 0.3 is 0 Å². The summed E-state index contributed by atoms with van der Waals surface area (Å²) in [6, 6.07) is 5.51. The molecule has 2 aromatic rings. The molecule has 1 heterocycles. The number of ether oxygens (including phenoxy) is 1. The van der Waals surface area contributed by atoms with Gasteiger partial charge in [-0.1, -0.05) is 11.6 Å². The molecule has 4 nitrogen and oxygen atoms in total. The highest BCUT2D eigenvalue weighted by Gasteiger charge is 2.09. The Hall–Kier alpha value is -1.08. The molecule has 0 amide bonds. The van der Waals surface area contributed by atoms with Crippen molar-refractivity contribution < 1.29 is 4.74 Å². The van der Waals surface area contributed by atoms with Crippen LogP contribution in [0.5, 0.6) is 5.75 Å². The molecule has 0 saturated carbocycles. The molecule has 100 valence electrons. The van der Waals surface area contributed by atoms with Gasteiger partial charge in [-0.15, -0.1) is 0 Å². The van der Waals surface area contributed by atoms with Crippen LogP contribution in [0.4, 0.5) is 5.82 Å². The van der Waals surface area contributed by atoms with Gasteiger partial charge in [-0.25, -0.2) is 9.97 Å². The largest absolute Gasteiger partial charge is 0.495 e. The maximum Gasteiger partial charge on any atom is 0.161 e. The number of hydrogen-bond donors (Lipinski definition) is 1. The third-order valence-corrected chi connectivity index (χ3v) is 3.58. The SMILES string of the molecule is CCNc1nc(-c2ccc(OC)c(Cl)c2)ncc1I. The molecule has 6 heteroatoms. The summed E-state index contributed by atoms with van der Waals surface area (Å²) in [6.07, 6.45) is 1.79. The van der Waals surface area contributed by atoms with E-state index in [9.17, 15) is 0 Å². The molecule has 0 unspecified atom stereocenters. The molecule has 0 saturated heterocycles. The fourth-order valence-corrected chi connectivity index (χ4v) is 2.31. The number of aromatic nitrogens is 2. The van der Waals surface area contributed by atoms with Crippen LogP contribution in [0.2, 0.25) is 5.02 Å². The summed E-state index contributed by atoms with van der Waals surface area (Å²) in [5, 5.41) is 3.76. The summed E-state index contributed by atoms with van der Waals surface area (Å²) in [7, 11) is 1.59. The second kappa shape index (κ2) is 6.38. The van der Waals surface area contributed by atoms with Crippen LogP contribution < -0.4 is 10.1 Å². The van der Waals surface area contributed by atoms with Gasteiger partial charge in [0.1, 0.15) is 11.6 Å². The molecule has 19 heavy (non-hydrogen) atoms. The number of rotatable bonds is 4. The van der Waals surface area contributed by atoms with E-state index in [0.717, 1.165) is 21.5 Å². The highest BCUT2D eigenvalue weighted by Crippen LogP contribution is 2.29. The molecule has 1 aromatic heterocycles. The first-order valence-electron chi connectivity index (χ1n) is 5.76. The minimum atomic E-state index is 0.548. The fourth-order valence-electron chi connectivity index (χ4n) is 1.60. The molecule has 1 N–H and O–H groups in total. The molecule has 0 spiro atoms. The lowest BCUT2D eigenvalue weighted by Gasteiger charge is -2.08. The van der Waals surface area contributed by atoms with Crippen molar-refractivity contribution in [2.45, 2.75) is 6.92 Å². The molecule has 0 radical (unpaired) electrons. The fraction of sp³-hybridized carbons (Fsp3) is 0.231. The first kappa shape index (κ1) is 14.3. The second-order valence-corrected chi connectivity index (χ2v) is 5.34. The summed E-state index contributed by atoms with van der Waals surface area (Å²) >= 11 is 8.32. The third-order valence-electron chi connectivity index (χ3n) is 2.50. The monoisotopic (exact) mass is 389 g/mol. The quantitative estimate of drug-likeness (QED) is 0.807. The average molecular weight is 390 g/mol. The van der Waals surface area contributed by atoms with Gasteiger partial charge in [0.25, 0.3) is 0 Å². The van der Waals surface area contributed by atoms with Gasteiger partial charge in [0, 0.05) is 18.3 Å². The zero-order valence-electron chi connectivity index (χ0n) is 10.6. The zero-order chi connectivity index (χ0) is 13.8. The standard InChI is InChI=1S/C13H13ClIN3O/c1-3-16-13-10(15)7-17-12(18-13)8-4-5-11(19-2)9(14)6-8/h4-7H,3H2,1-2H3,(H,16,17,18). The van der Waals surface area contributed by atoms with E-state index in [4.69, 9.17) is 16.3 Å². The third kappa shape index (κ3) is 3.27. The summed E-state index contributed by atoms with van der Waals surface area (Å²) in [4.78, 5) is 8.83. The molecule has 2 rings (SSSR count). The highest BCUT2D eigenvalue weighted by atomic mass is 127. The van der Waals surface area contributed by atoms with Crippen LogP contribution in [0.3, 0.4) is 0 Å². The van der Waals surface area contributed by atoms with Crippen molar-refractivity contribution in [1.82, 2.24) is 9.97 Å². The van der Waals surface area contributed by atoms with Gasteiger partial charge in [0.2, 0.25) is 0 Å². The predicted octanol–water partition coefficient (Wildman–Crippen LogP) is 3.84. The van der Waals surface area contributed by atoms with E-state index in [0.29, 0.717) is 16.6 Å². The minimum absolute atomic E-state index is 0.548. The van der Waals surface area contributed by atoms with E-state index in [2.05, 4.69) is 37.9 Å². The second-order valence-electron chi connectivity index (χ2n) is 3.77. The molecule has 0 aliphatic carbocycles. The number of halogens is 2. The Morgan fingerprint density at radius 1 is 1.42 bits per heavy atom. The maximum atomic E-state index is 6.11. The van der Waals surface area contributed by atoms with Gasteiger partial charge in [-0.05, 0) is 47.7 Å². The zero-order valence-corrected chi connectivity index (χ0v) is 13.5. The first-order chi connectivity index (χ1) is 9.15. The summed E-state index contributed by atoms with van der Waals surface area (Å²) < 4.78 is 6.12. The summed E-state index contributed by atoms with van der Waals surface area (Å²) in [5.41, 5.74) is 0.862. The van der Waals surface area contributed by atoms with Crippen LogP contribution in [0.25, 0.3) is 11.4 Å². The normalized spacial score (nSPS) is 10.3. The van der Waals surface area contributed by atoms with Gasteiger partial charge in [0.15, 0.2) is 5.82 Å². The van der Waals surface area contributed by atoms with Crippen molar-refractivity contribution in [2.75, 3.05) is 19.0 Å². The molecular formula is C13H13ClIN3O. The van der Waals surface area contributed by atoms with Crippen molar-refractivity contribution in [3.8, 4) is 17.1 Å². The molecule has 0 fully saturated rings. The summed E-state index contributed by atoms with van der Waals surface area (Å²) in [5.74, 6) is 2.11. The van der Waals surface area contributed by atoms with E-state index in [-0.39, 0.29) is 0 Å². The Labute approximate surface area is 130 Å². The lowest BCUT2D eigenvalue weighted by atomic mass is 10.2. The van der Waals surface area contributed by atoms with Gasteiger partial charge in [-0.2, -0.15) is 0 Å². The van der Waals surface area contributed by atoms with Crippen molar-refractivity contribution in [3.63, 3.8) is 0 Å². The first-order valence-corrected chi connectivity index (χ1v) is 7.21. The number of nitrogens with zero attached hydrogens (tertiary/aromatic N) is 2. The molecular weight excluding hydrogens is 377 g/mol. The number of nitrogens with one attached hydrogen (secondary N) is 1. The molecule has 0 aliphatic rings. The maximum absolute atomic E-state index is 6.11. The van der Waals surface area contributed by atoms with Crippen LogP contribution in [0.15, 0.2) is 24.4 Å². The van der Waals surface area contributed by atoms with Crippen LogP contribution >= 0.6 is 34.2 Å². The van der Waals surface area contributed by atoms with Crippen molar-refractivity contribution >= 4 is 40.0 Å². The Balaban J connectivity index is 2.41. The molecule has 0 aliphatic heterocycles. The van der Waals surface area contributed by atoms with Crippen LogP contribution in [0, 0.1) is 3.57 Å². The number of hydrogen-bond acceptors (Lipinski definition) is 4. The minimum Gasteiger partial charge on any atom is -0.495 e. The van der Waals surface area contributed by atoms with E-state index < -0.39 is 0 Å². The highest BCUT2D eigenvalue weighted by molar-refractivity contribution is 14.1. The average Bonchev–Trinajstić information content (AvgIpc) is 2.41. The molecule has 0 bridgehead atoms. The lowest BCUT2D eigenvalue weighted by molar-refractivity contribution is 0.415. The van der Waals surface area contributed by atoms with Gasteiger partial charge in [0.05, 0.1) is 15.7 Å². The van der Waals surface area contributed by atoms with Crippen LogP contribution in [-0.4, -0.2) is 23.6 Å². The van der Waals surface area contributed by atoms with E-state index in [1.165, 1.54) is 0 Å². The smallest absolute Gasteiger partial charge is 0.161 e. The van der Waals surface area contributed by atoms with Gasteiger partial charge < -0.3 is 10.1 Å². The Morgan fingerprint density at radius 3 is 2.84 bits per heavy atom. The van der Waals surface area contributed by atoms with Crippen LogP contribution in [-0.2, 0) is 0 Å². The number of methoxy groups -OCH3 is 1. The Bertz CT molecular complexity index is 592. The lowest BCUT2D eigenvalue weighted by Crippen LogP contribution is -2.03. The topological polar surface area (TPSA) is 47.0 Å². The van der Waals surface area contributed by atoms with Crippen molar-refractivity contribution in [3.05, 3.63) is 33.0 Å². The van der Waals surface area contributed by atoms with Crippen molar-refractivity contribution in [1.29, 1.82) is 0 Å². The number of benzene rings is 1. The number of anilines is 1. The van der Waals surface area contributed by atoms with Crippen molar-refractivity contribution in [2.24, 2.45) is 0 Å².